The Bertz CT molecular complexity index is 324. The van der Waals surface area contributed by atoms with E-state index in [0.29, 0.717) is 11.2 Å². The van der Waals surface area contributed by atoms with Crippen molar-refractivity contribution >= 4 is 5.82 Å². The third-order valence-electron chi connectivity index (χ3n) is 2.80. The van der Waals surface area contributed by atoms with E-state index in [1.165, 1.54) is 6.42 Å². The highest BCUT2D eigenvalue weighted by atomic mass is 16.5. The van der Waals surface area contributed by atoms with Gasteiger partial charge in [-0.05, 0) is 18.3 Å². The Kier molecular flexibility index (Phi) is 2.65. The third-order valence-corrected chi connectivity index (χ3v) is 2.80. The number of hydrogen-bond donors (Lipinski definition) is 1. The zero-order valence-corrected chi connectivity index (χ0v) is 9.31. The van der Waals surface area contributed by atoms with Gasteiger partial charge in [0.25, 0.3) is 0 Å². The second kappa shape index (κ2) is 3.81. The standard InChI is InChI=1S/C10H18N4O/c1-10(2)4-3-8(15-7-10)5-14-6-9(11)12-13-14/h6,8H,3-5,7,11H2,1-2H3. The Morgan fingerprint density at radius 2 is 2.47 bits per heavy atom. The molecule has 2 N–H and O–H groups in total. The lowest BCUT2D eigenvalue weighted by Gasteiger charge is -2.34. The van der Waals surface area contributed by atoms with E-state index < -0.39 is 0 Å². The first-order valence-corrected chi connectivity index (χ1v) is 5.32. The van der Waals surface area contributed by atoms with Crippen LogP contribution >= 0.6 is 0 Å². The van der Waals surface area contributed by atoms with Crippen LogP contribution in [0.25, 0.3) is 0 Å². The molecule has 0 spiro atoms. The molecule has 1 aliphatic heterocycles. The lowest BCUT2D eigenvalue weighted by molar-refractivity contribution is -0.0562. The molecule has 15 heavy (non-hydrogen) atoms. The largest absolute Gasteiger partial charge is 0.381 e. The number of anilines is 1. The second-order valence-corrected chi connectivity index (χ2v) is 5.00. The number of nitrogens with two attached hydrogens (primary N) is 1. The van der Waals surface area contributed by atoms with Gasteiger partial charge >= 0.3 is 0 Å². The Morgan fingerprint density at radius 3 is 3.00 bits per heavy atom. The molecule has 1 aliphatic rings. The first-order chi connectivity index (χ1) is 7.05. The molecular formula is C10H18N4O. The van der Waals surface area contributed by atoms with Gasteiger partial charge in [0.1, 0.15) is 0 Å². The average molecular weight is 210 g/mol. The van der Waals surface area contributed by atoms with Crippen molar-refractivity contribution in [3.8, 4) is 0 Å². The zero-order chi connectivity index (χ0) is 10.9. The molecule has 0 bridgehead atoms. The van der Waals surface area contributed by atoms with Crippen molar-refractivity contribution in [3.63, 3.8) is 0 Å². The molecule has 1 saturated heterocycles. The highest BCUT2D eigenvalue weighted by Crippen LogP contribution is 2.30. The fraction of sp³-hybridized carbons (Fsp3) is 0.800. The van der Waals surface area contributed by atoms with Crippen molar-refractivity contribution in [2.24, 2.45) is 5.41 Å². The summed E-state index contributed by atoms with van der Waals surface area (Å²) in [4.78, 5) is 0. The highest BCUT2D eigenvalue weighted by Gasteiger charge is 2.27. The lowest BCUT2D eigenvalue weighted by atomic mass is 9.85. The number of hydrogen-bond acceptors (Lipinski definition) is 4. The molecule has 2 heterocycles. The maximum atomic E-state index is 5.78. The molecule has 1 fully saturated rings. The molecule has 0 radical (unpaired) electrons. The van der Waals surface area contributed by atoms with E-state index in [0.717, 1.165) is 19.6 Å². The number of nitrogen functional groups attached to an aromatic ring is 1. The summed E-state index contributed by atoms with van der Waals surface area (Å²) in [6.07, 6.45) is 4.26. The van der Waals surface area contributed by atoms with E-state index in [2.05, 4.69) is 24.2 Å². The molecule has 1 aromatic rings. The van der Waals surface area contributed by atoms with E-state index in [9.17, 15) is 0 Å². The van der Waals surface area contributed by atoms with Crippen molar-refractivity contribution in [3.05, 3.63) is 6.20 Å². The number of nitrogens with zero attached hydrogens (tertiary/aromatic N) is 3. The van der Waals surface area contributed by atoms with Gasteiger partial charge in [0.2, 0.25) is 0 Å². The average Bonchev–Trinajstić information content (AvgIpc) is 2.55. The molecule has 1 aromatic heterocycles. The van der Waals surface area contributed by atoms with E-state index in [-0.39, 0.29) is 6.10 Å². The van der Waals surface area contributed by atoms with Crippen LogP contribution in [0.2, 0.25) is 0 Å². The minimum Gasteiger partial charge on any atom is -0.381 e. The van der Waals surface area contributed by atoms with Gasteiger partial charge in [-0.25, -0.2) is 4.68 Å². The summed E-state index contributed by atoms with van der Waals surface area (Å²) in [6.45, 7) is 6.04. The summed E-state index contributed by atoms with van der Waals surface area (Å²) in [5.74, 6) is 0.464. The normalized spacial score (nSPS) is 25.3. The van der Waals surface area contributed by atoms with E-state index in [1.54, 1.807) is 10.9 Å². The summed E-state index contributed by atoms with van der Waals surface area (Å²) in [5.41, 5.74) is 5.81. The Balaban J connectivity index is 1.87. The van der Waals surface area contributed by atoms with Crippen LogP contribution in [0.1, 0.15) is 26.7 Å². The van der Waals surface area contributed by atoms with Crippen LogP contribution in [0, 0.1) is 5.41 Å². The van der Waals surface area contributed by atoms with Gasteiger partial charge in [-0.1, -0.05) is 19.1 Å². The summed E-state index contributed by atoms with van der Waals surface area (Å²) in [7, 11) is 0. The van der Waals surface area contributed by atoms with Gasteiger partial charge in [-0.3, -0.25) is 0 Å². The summed E-state index contributed by atoms with van der Waals surface area (Å²) in [6, 6.07) is 0. The zero-order valence-electron chi connectivity index (χ0n) is 9.31. The molecular weight excluding hydrogens is 192 g/mol. The predicted molar refractivity (Wildman–Crippen MR) is 57.2 cm³/mol. The Morgan fingerprint density at radius 1 is 1.67 bits per heavy atom. The van der Waals surface area contributed by atoms with Crippen LogP contribution < -0.4 is 5.73 Å². The van der Waals surface area contributed by atoms with Crippen LogP contribution in [0.3, 0.4) is 0 Å². The van der Waals surface area contributed by atoms with Crippen molar-refractivity contribution in [1.29, 1.82) is 0 Å². The van der Waals surface area contributed by atoms with Crippen molar-refractivity contribution in [1.82, 2.24) is 15.0 Å². The lowest BCUT2D eigenvalue weighted by Crippen LogP contribution is -2.34. The number of ether oxygens (including phenoxy) is 1. The van der Waals surface area contributed by atoms with Crippen LogP contribution in [0.5, 0.6) is 0 Å². The molecule has 5 nitrogen and oxygen atoms in total. The van der Waals surface area contributed by atoms with Crippen molar-refractivity contribution in [2.45, 2.75) is 39.3 Å². The van der Waals surface area contributed by atoms with Crippen molar-refractivity contribution < 1.29 is 4.74 Å². The topological polar surface area (TPSA) is 66.0 Å². The molecule has 1 atom stereocenters. The Hall–Kier alpha value is -1.10. The summed E-state index contributed by atoms with van der Waals surface area (Å²) >= 11 is 0. The second-order valence-electron chi connectivity index (χ2n) is 5.00. The minimum atomic E-state index is 0.249. The predicted octanol–water partition coefficient (Wildman–Crippen LogP) is 1.07. The van der Waals surface area contributed by atoms with Crippen LogP contribution in [0.4, 0.5) is 5.82 Å². The van der Waals surface area contributed by atoms with Gasteiger partial charge in [0.15, 0.2) is 5.82 Å². The third kappa shape index (κ3) is 2.68. The molecule has 0 saturated carbocycles. The SMILES string of the molecule is CC1(C)CCC(Cn2cc(N)nn2)OC1. The number of aromatic nitrogens is 3. The molecule has 84 valence electrons. The molecule has 0 amide bonds. The van der Waals surface area contributed by atoms with Gasteiger partial charge in [0, 0.05) is 0 Å². The Labute approximate surface area is 89.6 Å². The van der Waals surface area contributed by atoms with Crippen LogP contribution in [0.15, 0.2) is 6.20 Å². The van der Waals surface area contributed by atoms with Crippen LogP contribution in [-0.2, 0) is 11.3 Å². The van der Waals surface area contributed by atoms with Gasteiger partial charge in [-0.2, -0.15) is 0 Å². The minimum absolute atomic E-state index is 0.249. The maximum absolute atomic E-state index is 5.78. The quantitative estimate of drug-likeness (QED) is 0.792. The monoisotopic (exact) mass is 210 g/mol. The fourth-order valence-electron chi connectivity index (χ4n) is 1.81. The molecule has 0 aromatic carbocycles. The van der Waals surface area contributed by atoms with Crippen molar-refractivity contribution in [2.75, 3.05) is 12.3 Å². The number of rotatable bonds is 2. The van der Waals surface area contributed by atoms with E-state index in [4.69, 9.17) is 10.5 Å². The molecule has 5 heteroatoms. The molecule has 2 rings (SSSR count). The van der Waals surface area contributed by atoms with E-state index in [1.807, 2.05) is 0 Å². The molecule has 0 aliphatic carbocycles. The fourth-order valence-corrected chi connectivity index (χ4v) is 1.81. The summed E-state index contributed by atoms with van der Waals surface area (Å²) < 4.78 is 7.53. The first kappa shape index (κ1) is 10.4. The smallest absolute Gasteiger partial charge is 0.165 e. The highest BCUT2D eigenvalue weighted by molar-refractivity contribution is 5.19. The molecule has 1 unspecified atom stereocenters. The van der Waals surface area contributed by atoms with Crippen LogP contribution in [-0.4, -0.2) is 27.7 Å². The van der Waals surface area contributed by atoms with Gasteiger partial charge in [0.05, 0.1) is 25.5 Å². The maximum Gasteiger partial charge on any atom is 0.165 e. The van der Waals surface area contributed by atoms with Gasteiger partial charge < -0.3 is 10.5 Å². The summed E-state index contributed by atoms with van der Waals surface area (Å²) in [5, 5.41) is 7.65. The first-order valence-electron chi connectivity index (χ1n) is 5.32. The van der Waals surface area contributed by atoms with E-state index >= 15 is 0 Å². The van der Waals surface area contributed by atoms with Gasteiger partial charge in [-0.15, -0.1) is 5.10 Å².